The van der Waals surface area contributed by atoms with Gasteiger partial charge in [-0.25, -0.2) is 0 Å². The van der Waals surface area contributed by atoms with E-state index in [-0.39, 0.29) is 0 Å². The first-order valence-electron chi connectivity index (χ1n) is 8.13. The molecule has 0 spiro atoms. The normalized spacial score (nSPS) is 33.4. The molecule has 0 heterocycles. The van der Waals surface area contributed by atoms with Crippen molar-refractivity contribution < 1.29 is 4.79 Å². The zero-order chi connectivity index (χ0) is 13.2. The van der Waals surface area contributed by atoms with Gasteiger partial charge in [0.15, 0.2) is 0 Å². The maximum atomic E-state index is 12.6. The van der Waals surface area contributed by atoms with Crippen molar-refractivity contribution >= 4 is 21.8 Å². The molecule has 0 aromatic heterocycles. The predicted octanol–water partition coefficient (Wildman–Crippen LogP) is 3.98. The molecule has 108 valence electrons. The molecule has 3 aliphatic rings. The van der Waals surface area contributed by atoms with Gasteiger partial charge in [-0.15, -0.1) is 0 Å². The summed E-state index contributed by atoms with van der Waals surface area (Å²) in [6.07, 6.45) is 11.3. The highest BCUT2D eigenvalue weighted by Crippen LogP contribution is 2.49. The van der Waals surface area contributed by atoms with Gasteiger partial charge < -0.3 is 4.90 Å². The molecule has 0 saturated heterocycles. The lowest BCUT2D eigenvalue weighted by Crippen LogP contribution is -2.45. The maximum absolute atomic E-state index is 12.6. The van der Waals surface area contributed by atoms with Crippen molar-refractivity contribution in [3.63, 3.8) is 0 Å². The Labute approximate surface area is 125 Å². The van der Waals surface area contributed by atoms with Gasteiger partial charge in [-0.05, 0) is 62.7 Å². The van der Waals surface area contributed by atoms with Crippen LogP contribution in [0, 0.1) is 17.8 Å². The number of carbonyl (C=O) groups is 1. The number of nitrogens with zero attached hydrogens (tertiary/aromatic N) is 1. The van der Waals surface area contributed by atoms with E-state index >= 15 is 0 Å². The van der Waals surface area contributed by atoms with Gasteiger partial charge in [0.2, 0.25) is 5.91 Å². The van der Waals surface area contributed by atoms with Gasteiger partial charge in [0.1, 0.15) is 0 Å². The Morgan fingerprint density at radius 3 is 2.53 bits per heavy atom. The van der Waals surface area contributed by atoms with E-state index in [0.717, 1.165) is 42.5 Å². The molecule has 0 aromatic rings. The molecule has 0 aliphatic heterocycles. The third-order valence-electron chi connectivity index (χ3n) is 5.69. The summed E-state index contributed by atoms with van der Waals surface area (Å²) in [4.78, 5) is 14.8. The van der Waals surface area contributed by atoms with E-state index in [2.05, 4.69) is 20.8 Å². The molecule has 0 aromatic carbocycles. The minimum atomic E-state index is 0.461. The van der Waals surface area contributed by atoms with E-state index in [1.54, 1.807) is 0 Å². The highest BCUT2D eigenvalue weighted by molar-refractivity contribution is 9.09. The third kappa shape index (κ3) is 3.01. The molecule has 3 saturated carbocycles. The van der Waals surface area contributed by atoms with E-state index in [9.17, 15) is 4.79 Å². The summed E-state index contributed by atoms with van der Waals surface area (Å²) in [5.41, 5.74) is 0. The van der Waals surface area contributed by atoms with Crippen LogP contribution in [-0.4, -0.2) is 28.7 Å². The second-order valence-corrected chi connectivity index (χ2v) is 7.65. The van der Waals surface area contributed by atoms with Crippen molar-refractivity contribution in [3.8, 4) is 0 Å². The van der Waals surface area contributed by atoms with E-state index in [1.807, 2.05) is 0 Å². The van der Waals surface area contributed by atoms with Crippen molar-refractivity contribution in [1.29, 1.82) is 0 Å². The number of hydrogen-bond donors (Lipinski definition) is 0. The Hall–Kier alpha value is -0.0500. The second-order valence-electron chi connectivity index (χ2n) is 6.85. The minimum absolute atomic E-state index is 0.461. The smallest absolute Gasteiger partial charge is 0.223 e. The molecular formula is C16H26BrNO. The zero-order valence-corrected chi connectivity index (χ0v) is 13.4. The molecule has 3 atom stereocenters. The van der Waals surface area contributed by atoms with Crippen LogP contribution in [0.5, 0.6) is 0 Å². The summed E-state index contributed by atoms with van der Waals surface area (Å²) in [6.45, 7) is 0.968. The second kappa shape index (κ2) is 6.15. The average Bonchev–Trinajstić information content (AvgIpc) is 2.93. The van der Waals surface area contributed by atoms with Crippen LogP contribution in [0.25, 0.3) is 0 Å². The van der Waals surface area contributed by atoms with Crippen LogP contribution in [0.1, 0.15) is 57.8 Å². The molecule has 2 bridgehead atoms. The molecule has 3 rings (SSSR count). The van der Waals surface area contributed by atoms with Crippen LogP contribution in [0.15, 0.2) is 0 Å². The largest absolute Gasteiger partial charge is 0.340 e. The molecule has 2 nitrogen and oxygen atoms in total. The van der Waals surface area contributed by atoms with Crippen LogP contribution >= 0.6 is 15.9 Å². The molecule has 0 radical (unpaired) electrons. The highest BCUT2D eigenvalue weighted by atomic mass is 79.9. The van der Waals surface area contributed by atoms with E-state index in [4.69, 9.17) is 0 Å². The first kappa shape index (κ1) is 13.9. The predicted molar refractivity (Wildman–Crippen MR) is 81.3 cm³/mol. The van der Waals surface area contributed by atoms with Crippen LogP contribution in [0.3, 0.4) is 0 Å². The Bertz CT molecular complexity index is 329. The Balaban J connectivity index is 1.54. The van der Waals surface area contributed by atoms with Crippen LogP contribution in [0.2, 0.25) is 0 Å². The molecule has 3 unspecified atom stereocenters. The maximum Gasteiger partial charge on any atom is 0.223 e. The van der Waals surface area contributed by atoms with Gasteiger partial charge in [0.25, 0.3) is 0 Å². The number of halogens is 1. The zero-order valence-electron chi connectivity index (χ0n) is 11.8. The van der Waals surface area contributed by atoms with Crippen molar-refractivity contribution in [2.24, 2.45) is 17.8 Å². The molecule has 1 amide bonds. The number of amides is 1. The minimum Gasteiger partial charge on any atom is -0.340 e. The highest BCUT2D eigenvalue weighted by Gasteiger charge is 2.41. The molecule has 0 N–H and O–H groups in total. The van der Waals surface area contributed by atoms with Gasteiger partial charge >= 0.3 is 0 Å². The van der Waals surface area contributed by atoms with Crippen LogP contribution in [0.4, 0.5) is 0 Å². The first-order valence-corrected chi connectivity index (χ1v) is 9.25. The molecule has 3 heteroatoms. The van der Waals surface area contributed by atoms with Crippen molar-refractivity contribution in [2.75, 3.05) is 11.9 Å². The Morgan fingerprint density at radius 1 is 1.16 bits per heavy atom. The lowest BCUT2D eigenvalue weighted by atomic mass is 9.85. The summed E-state index contributed by atoms with van der Waals surface area (Å²) in [6, 6.07) is 0.574. The number of fused-ring (bicyclic) bond motifs is 2. The van der Waals surface area contributed by atoms with Gasteiger partial charge in [-0.3, -0.25) is 4.79 Å². The van der Waals surface area contributed by atoms with Gasteiger partial charge in [-0.1, -0.05) is 22.4 Å². The average molecular weight is 328 g/mol. The fraction of sp³-hybridized carbons (Fsp3) is 0.938. The van der Waals surface area contributed by atoms with E-state index in [1.165, 1.54) is 44.9 Å². The standard InChI is InChI=1S/C16H26BrNO/c17-7-2-8-18(15-3-1-4-15)16(19)11-14-10-12-5-6-13(14)9-12/h12-15H,1-11H2. The monoisotopic (exact) mass is 327 g/mol. The topological polar surface area (TPSA) is 20.3 Å². The SMILES string of the molecule is O=C(CC1CC2CCC1C2)N(CCCBr)C1CCC1. The lowest BCUT2D eigenvalue weighted by Gasteiger charge is -2.38. The first-order chi connectivity index (χ1) is 9.28. The van der Waals surface area contributed by atoms with Crippen LogP contribution < -0.4 is 0 Å². The summed E-state index contributed by atoms with van der Waals surface area (Å²) < 4.78 is 0. The number of alkyl halides is 1. The molecule has 3 fully saturated rings. The third-order valence-corrected chi connectivity index (χ3v) is 6.25. The number of carbonyl (C=O) groups excluding carboxylic acids is 1. The van der Waals surface area contributed by atoms with Gasteiger partial charge in [0, 0.05) is 24.3 Å². The van der Waals surface area contributed by atoms with E-state index < -0.39 is 0 Å². The summed E-state index contributed by atoms with van der Waals surface area (Å²) >= 11 is 3.49. The lowest BCUT2D eigenvalue weighted by molar-refractivity contribution is -0.136. The molecule has 19 heavy (non-hydrogen) atoms. The fourth-order valence-electron chi connectivity index (χ4n) is 4.41. The Kier molecular flexibility index (Phi) is 4.51. The van der Waals surface area contributed by atoms with Gasteiger partial charge in [0.05, 0.1) is 0 Å². The molecular weight excluding hydrogens is 302 g/mol. The summed E-state index contributed by atoms with van der Waals surface area (Å²) in [5, 5.41) is 1.01. The number of hydrogen-bond acceptors (Lipinski definition) is 1. The quantitative estimate of drug-likeness (QED) is 0.676. The van der Waals surface area contributed by atoms with E-state index in [0.29, 0.717) is 11.9 Å². The fourth-order valence-corrected chi connectivity index (χ4v) is 4.66. The van der Waals surface area contributed by atoms with Gasteiger partial charge in [-0.2, -0.15) is 0 Å². The van der Waals surface area contributed by atoms with Crippen molar-refractivity contribution in [1.82, 2.24) is 4.90 Å². The molecule has 3 aliphatic carbocycles. The Morgan fingerprint density at radius 2 is 2.00 bits per heavy atom. The summed E-state index contributed by atoms with van der Waals surface area (Å²) in [5.74, 6) is 3.02. The number of rotatable bonds is 6. The van der Waals surface area contributed by atoms with Crippen molar-refractivity contribution in [2.45, 2.75) is 63.8 Å². The summed E-state index contributed by atoms with van der Waals surface area (Å²) in [7, 11) is 0. The van der Waals surface area contributed by atoms with Crippen molar-refractivity contribution in [3.05, 3.63) is 0 Å². The van der Waals surface area contributed by atoms with Crippen LogP contribution in [-0.2, 0) is 4.79 Å².